The molecule has 0 aliphatic rings. The van der Waals surface area contributed by atoms with Crippen LogP contribution < -0.4 is 20.1 Å². The summed E-state index contributed by atoms with van der Waals surface area (Å²) >= 11 is 3.41. The lowest BCUT2D eigenvalue weighted by atomic mass is 10.2. The van der Waals surface area contributed by atoms with E-state index in [1.165, 1.54) is 0 Å². The van der Waals surface area contributed by atoms with E-state index < -0.39 is 0 Å². The van der Waals surface area contributed by atoms with Gasteiger partial charge in [0.15, 0.2) is 0 Å². The normalized spacial score (nSPS) is 10.2. The molecule has 0 bridgehead atoms. The summed E-state index contributed by atoms with van der Waals surface area (Å²) in [6.07, 6.45) is 0. The molecule has 5 heteroatoms. The fourth-order valence-electron chi connectivity index (χ4n) is 1.97. The Morgan fingerprint density at radius 3 is 2.38 bits per heavy atom. The Bertz CT molecular complexity index is 587. The Morgan fingerprint density at radius 1 is 1.10 bits per heavy atom. The standard InChI is InChI=1S/C16H19BrN2O2/c1-19(16-8-3-12(17)11-15(16)18)9-10-21-14-6-4-13(20-2)5-7-14/h3-8,11H,9-10,18H2,1-2H3. The molecule has 112 valence electrons. The third-order valence-corrected chi connectivity index (χ3v) is 3.65. The zero-order chi connectivity index (χ0) is 15.2. The van der Waals surface area contributed by atoms with Crippen LogP contribution in [0, 0.1) is 0 Å². The van der Waals surface area contributed by atoms with E-state index >= 15 is 0 Å². The maximum absolute atomic E-state index is 6.01. The van der Waals surface area contributed by atoms with E-state index in [-0.39, 0.29) is 0 Å². The SMILES string of the molecule is COc1ccc(OCCN(C)c2ccc(Br)cc2N)cc1. The van der Waals surface area contributed by atoms with Gasteiger partial charge in [-0.15, -0.1) is 0 Å². The minimum Gasteiger partial charge on any atom is -0.497 e. The predicted octanol–water partition coefficient (Wildman–Crippen LogP) is 3.56. The van der Waals surface area contributed by atoms with Crippen molar-refractivity contribution in [3.05, 3.63) is 46.9 Å². The minimum atomic E-state index is 0.582. The highest BCUT2D eigenvalue weighted by Gasteiger charge is 2.06. The average Bonchev–Trinajstić information content (AvgIpc) is 2.47. The van der Waals surface area contributed by atoms with Crippen molar-refractivity contribution in [1.29, 1.82) is 0 Å². The molecule has 0 aromatic heterocycles. The molecule has 4 nitrogen and oxygen atoms in total. The summed E-state index contributed by atoms with van der Waals surface area (Å²) in [5, 5.41) is 0. The smallest absolute Gasteiger partial charge is 0.119 e. The molecule has 0 spiro atoms. The lowest BCUT2D eigenvalue weighted by Gasteiger charge is -2.21. The van der Waals surface area contributed by atoms with E-state index in [1.54, 1.807) is 7.11 Å². The largest absolute Gasteiger partial charge is 0.497 e. The fraction of sp³-hybridized carbons (Fsp3) is 0.250. The second kappa shape index (κ2) is 7.22. The van der Waals surface area contributed by atoms with Gasteiger partial charge in [-0.3, -0.25) is 0 Å². The van der Waals surface area contributed by atoms with Gasteiger partial charge in [0.2, 0.25) is 0 Å². The van der Waals surface area contributed by atoms with Crippen molar-refractivity contribution >= 4 is 27.3 Å². The Kier molecular flexibility index (Phi) is 5.33. The summed E-state index contributed by atoms with van der Waals surface area (Å²) in [4.78, 5) is 2.07. The average molecular weight is 351 g/mol. The first-order valence-electron chi connectivity index (χ1n) is 6.63. The molecule has 0 unspecified atom stereocenters. The van der Waals surface area contributed by atoms with Gasteiger partial charge in [-0.1, -0.05) is 15.9 Å². The Hall–Kier alpha value is -1.88. The van der Waals surface area contributed by atoms with Gasteiger partial charge in [0.05, 0.1) is 25.0 Å². The number of halogens is 1. The maximum Gasteiger partial charge on any atom is 0.119 e. The number of ether oxygens (including phenoxy) is 2. The van der Waals surface area contributed by atoms with Crippen LogP contribution in [-0.4, -0.2) is 27.3 Å². The second-order valence-electron chi connectivity index (χ2n) is 4.65. The molecule has 0 fully saturated rings. The molecule has 0 saturated carbocycles. The number of hydrogen-bond acceptors (Lipinski definition) is 4. The van der Waals surface area contributed by atoms with Crippen LogP contribution in [0.3, 0.4) is 0 Å². The summed E-state index contributed by atoms with van der Waals surface area (Å²) in [6, 6.07) is 13.4. The molecule has 0 amide bonds. The highest BCUT2D eigenvalue weighted by Crippen LogP contribution is 2.25. The van der Waals surface area contributed by atoms with Crippen molar-refractivity contribution in [2.24, 2.45) is 0 Å². The van der Waals surface area contributed by atoms with Crippen LogP contribution in [0.25, 0.3) is 0 Å². The molecule has 0 radical (unpaired) electrons. The van der Waals surface area contributed by atoms with Crippen LogP contribution in [0.15, 0.2) is 46.9 Å². The number of benzene rings is 2. The van der Waals surface area contributed by atoms with Gasteiger partial charge in [-0.25, -0.2) is 0 Å². The summed E-state index contributed by atoms with van der Waals surface area (Å²) < 4.78 is 11.8. The van der Waals surface area contributed by atoms with Crippen LogP contribution in [0.4, 0.5) is 11.4 Å². The molecule has 2 aromatic rings. The number of likely N-dealkylation sites (N-methyl/N-ethyl adjacent to an activating group) is 1. The van der Waals surface area contributed by atoms with Gasteiger partial charge >= 0.3 is 0 Å². The molecular weight excluding hydrogens is 332 g/mol. The topological polar surface area (TPSA) is 47.7 Å². The molecule has 0 aliphatic carbocycles. The van der Waals surface area contributed by atoms with E-state index in [2.05, 4.69) is 20.8 Å². The van der Waals surface area contributed by atoms with Gasteiger partial charge in [-0.05, 0) is 42.5 Å². The fourth-order valence-corrected chi connectivity index (χ4v) is 2.34. The first kappa shape index (κ1) is 15.5. The van der Waals surface area contributed by atoms with Crippen LogP contribution >= 0.6 is 15.9 Å². The van der Waals surface area contributed by atoms with Crippen molar-refractivity contribution in [3.63, 3.8) is 0 Å². The zero-order valence-corrected chi connectivity index (χ0v) is 13.8. The van der Waals surface area contributed by atoms with Crippen LogP contribution in [-0.2, 0) is 0 Å². The van der Waals surface area contributed by atoms with Crippen molar-refractivity contribution in [3.8, 4) is 11.5 Å². The van der Waals surface area contributed by atoms with E-state index in [9.17, 15) is 0 Å². The number of nitrogen functional groups attached to an aromatic ring is 1. The number of nitrogens with two attached hydrogens (primary N) is 1. The summed E-state index contributed by atoms with van der Waals surface area (Å²) in [5.74, 6) is 1.65. The van der Waals surface area contributed by atoms with Crippen molar-refractivity contribution < 1.29 is 9.47 Å². The quantitative estimate of drug-likeness (QED) is 0.809. The van der Waals surface area contributed by atoms with Crippen LogP contribution in [0.2, 0.25) is 0 Å². The Morgan fingerprint density at radius 2 is 1.76 bits per heavy atom. The van der Waals surface area contributed by atoms with Crippen LogP contribution in [0.1, 0.15) is 0 Å². The molecule has 21 heavy (non-hydrogen) atoms. The molecular formula is C16H19BrN2O2. The number of anilines is 2. The predicted molar refractivity (Wildman–Crippen MR) is 90.3 cm³/mol. The number of hydrogen-bond donors (Lipinski definition) is 1. The maximum atomic E-state index is 6.01. The van der Waals surface area contributed by atoms with Crippen molar-refractivity contribution in [2.75, 3.05) is 37.9 Å². The molecule has 2 aromatic carbocycles. The zero-order valence-electron chi connectivity index (χ0n) is 12.2. The molecule has 0 saturated heterocycles. The molecule has 0 aliphatic heterocycles. The summed E-state index contributed by atoms with van der Waals surface area (Å²) in [5.41, 5.74) is 7.75. The third-order valence-electron chi connectivity index (χ3n) is 3.16. The van der Waals surface area contributed by atoms with E-state index in [0.717, 1.165) is 33.9 Å². The van der Waals surface area contributed by atoms with E-state index in [1.807, 2.05) is 49.5 Å². The third kappa shape index (κ3) is 4.29. The van der Waals surface area contributed by atoms with E-state index in [4.69, 9.17) is 15.2 Å². The first-order valence-corrected chi connectivity index (χ1v) is 7.42. The number of nitrogens with zero attached hydrogens (tertiary/aromatic N) is 1. The van der Waals surface area contributed by atoms with Crippen LogP contribution in [0.5, 0.6) is 11.5 Å². The summed E-state index contributed by atoms with van der Waals surface area (Å²) in [7, 11) is 3.64. The van der Waals surface area contributed by atoms with Gasteiger partial charge in [0, 0.05) is 11.5 Å². The Balaban J connectivity index is 1.87. The van der Waals surface area contributed by atoms with Gasteiger partial charge < -0.3 is 20.1 Å². The van der Waals surface area contributed by atoms with E-state index in [0.29, 0.717) is 6.61 Å². The second-order valence-corrected chi connectivity index (χ2v) is 5.56. The first-order chi connectivity index (χ1) is 10.1. The molecule has 0 heterocycles. The Labute approximate surface area is 133 Å². The molecule has 2 N–H and O–H groups in total. The lowest BCUT2D eigenvalue weighted by molar-refractivity contribution is 0.325. The van der Waals surface area contributed by atoms with Gasteiger partial charge in [0.1, 0.15) is 18.1 Å². The number of rotatable bonds is 6. The van der Waals surface area contributed by atoms with Crippen molar-refractivity contribution in [2.45, 2.75) is 0 Å². The van der Waals surface area contributed by atoms with Crippen molar-refractivity contribution in [1.82, 2.24) is 0 Å². The van der Waals surface area contributed by atoms with Gasteiger partial charge in [-0.2, -0.15) is 0 Å². The monoisotopic (exact) mass is 350 g/mol. The number of methoxy groups -OCH3 is 1. The lowest BCUT2D eigenvalue weighted by Crippen LogP contribution is -2.24. The molecule has 2 rings (SSSR count). The highest BCUT2D eigenvalue weighted by molar-refractivity contribution is 9.10. The molecule has 0 atom stereocenters. The minimum absolute atomic E-state index is 0.582. The summed E-state index contributed by atoms with van der Waals surface area (Å²) in [6.45, 7) is 1.33. The highest BCUT2D eigenvalue weighted by atomic mass is 79.9. The van der Waals surface area contributed by atoms with Gasteiger partial charge in [0.25, 0.3) is 0 Å².